The third kappa shape index (κ3) is 4.78. The molecule has 3 aromatic carbocycles. The van der Waals surface area contributed by atoms with Crippen LogP contribution >= 0.6 is 11.6 Å². The van der Waals surface area contributed by atoms with E-state index in [2.05, 4.69) is 5.32 Å². The van der Waals surface area contributed by atoms with Gasteiger partial charge >= 0.3 is 5.97 Å². The first-order chi connectivity index (χ1) is 13.5. The number of aryl methyl sites for hydroxylation is 1. The molecule has 142 valence electrons. The summed E-state index contributed by atoms with van der Waals surface area (Å²) in [5.41, 5.74) is 4.38. The molecule has 0 radical (unpaired) electrons. The fourth-order valence-corrected chi connectivity index (χ4v) is 3.35. The van der Waals surface area contributed by atoms with E-state index in [0.29, 0.717) is 16.3 Å². The van der Waals surface area contributed by atoms with Crippen molar-refractivity contribution in [1.82, 2.24) is 0 Å². The third-order valence-electron chi connectivity index (χ3n) is 4.27. The van der Waals surface area contributed by atoms with Gasteiger partial charge in [-0.25, -0.2) is 4.79 Å². The maximum atomic E-state index is 12.6. The molecular formula is C23H20ClNO3. The first kappa shape index (κ1) is 19.6. The van der Waals surface area contributed by atoms with Crippen LogP contribution in [0.15, 0.2) is 66.7 Å². The van der Waals surface area contributed by atoms with Gasteiger partial charge in [-0.3, -0.25) is 4.79 Å². The lowest BCUT2D eigenvalue weighted by atomic mass is 10.0. The van der Waals surface area contributed by atoms with Crippen LogP contribution in [0.2, 0.25) is 5.02 Å². The molecule has 0 aliphatic heterocycles. The summed E-state index contributed by atoms with van der Waals surface area (Å²) in [6, 6.07) is 20.5. The van der Waals surface area contributed by atoms with Crippen LogP contribution in [0.25, 0.3) is 11.1 Å². The van der Waals surface area contributed by atoms with Crippen LogP contribution in [0, 0.1) is 6.92 Å². The summed E-state index contributed by atoms with van der Waals surface area (Å²) < 4.78 is 4.85. The second-order valence-corrected chi connectivity index (χ2v) is 6.92. The molecule has 0 saturated heterocycles. The lowest BCUT2D eigenvalue weighted by Crippen LogP contribution is -2.17. The molecule has 0 heterocycles. The zero-order valence-electron chi connectivity index (χ0n) is 15.7. The van der Waals surface area contributed by atoms with Gasteiger partial charge in [0, 0.05) is 5.02 Å². The van der Waals surface area contributed by atoms with Crippen LogP contribution in [0.5, 0.6) is 0 Å². The molecule has 0 spiro atoms. The van der Waals surface area contributed by atoms with E-state index < -0.39 is 5.97 Å². The molecule has 28 heavy (non-hydrogen) atoms. The van der Waals surface area contributed by atoms with Crippen LogP contribution in [-0.2, 0) is 16.0 Å². The molecule has 0 aliphatic carbocycles. The van der Waals surface area contributed by atoms with Crippen molar-refractivity contribution in [2.75, 3.05) is 12.4 Å². The van der Waals surface area contributed by atoms with E-state index in [9.17, 15) is 9.59 Å². The zero-order valence-corrected chi connectivity index (χ0v) is 16.4. The fourth-order valence-electron chi connectivity index (χ4n) is 3.04. The van der Waals surface area contributed by atoms with Gasteiger partial charge in [-0.1, -0.05) is 54.1 Å². The second-order valence-electron chi connectivity index (χ2n) is 6.48. The topological polar surface area (TPSA) is 55.4 Å². The van der Waals surface area contributed by atoms with Crippen molar-refractivity contribution in [3.05, 3.63) is 88.4 Å². The number of rotatable bonds is 5. The standard InChI is InChI=1S/C23H20ClNO3/c1-15-10-16(12-19(24)11-15)13-22(26)25-21-14-18(17-6-4-3-5-7-17)8-9-20(21)23(27)28-2/h3-12,14H,13H2,1-2H3,(H,25,26). The maximum absolute atomic E-state index is 12.6. The van der Waals surface area contributed by atoms with Gasteiger partial charge in [0.25, 0.3) is 0 Å². The van der Waals surface area contributed by atoms with Crippen molar-refractivity contribution >= 4 is 29.2 Å². The number of amides is 1. The lowest BCUT2D eigenvalue weighted by molar-refractivity contribution is -0.115. The summed E-state index contributed by atoms with van der Waals surface area (Å²) in [5, 5.41) is 3.43. The van der Waals surface area contributed by atoms with Crippen molar-refractivity contribution in [1.29, 1.82) is 0 Å². The minimum Gasteiger partial charge on any atom is -0.465 e. The Bertz CT molecular complexity index is 995. The number of hydrogen-bond donors (Lipinski definition) is 1. The Morgan fingerprint density at radius 3 is 2.39 bits per heavy atom. The van der Waals surface area contributed by atoms with E-state index >= 15 is 0 Å². The number of esters is 1. The Labute approximate surface area is 169 Å². The quantitative estimate of drug-likeness (QED) is 0.600. The minimum absolute atomic E-state index is 0.150. The predicted octanol–water partition coefficient (Wildman–Crippen LogP) is 5.28. The minimum atomic E-state index is -0.506. The average molecular weight is 394 g/mol. The highest BCUT2D eigenvalue weighted by Gasteiger charge is 2.16. The average Bonchev–Trinajstić information content (AvgIpc) is 2.67. The van der Waals surface area contributed by atoms with Gasteiger partial charge in [0.1, 0.15) is 0 Å². The highest BCUT2D eigenvalue weighted by molar-refractivity contribution is 6.30. The van der Waals surface area contributed by atoms with Crippen molar-refractivity contribution in [3.63, 3.8) is 0 Å². The van der Waals surface area contributed by atoms with E-state index in [1.807, 2.05) is 55.5 Å². The molecule has 0 aliphatic rings. The first-order valence-corrected chi connectivity index (χ1v) is 9.18. The van der Waals surface area contributed by atoms with Gasteiger partial charge in [-0.2, -0.15) is 0 Å². The summed E-state index contributed by atoms with van der Waals surface area (Å²) in [6.07, 6.45) is 0.150. The number of anilines is 1. The highest BCUT2D eigenvalue weighted by Crippen LogP contribution is 2.26. The van der Waals surface area contributed by atoms with E-state index in [-0.39, 0.29) is 12.3 Å². The van der Waals surface area contributed by atoms with Gasteiger partial charge in [0.2, 0.25) is 5.91 Å². The van der Waals surface area contributed by atoms with Crippen LogP contribution < -0.4 is 5.32 Å². The number of halogens is 1. The number of hydrogen-bond acceptors (Lipinski definition) is 3. The molecule has 3 rings (SSSR count). The summed E-state index contributed by atoms with van der Waals surface area (Å²) in [4.78, 5) is 24.7. The smallest absolute Gasteiger partial charge is 0.339 e. The molecule has 0 atom stereocenters. The number of nitrogens with one attached hydrogen (secondary N) is 1. The molecule has 3 aromatic rings. The molecule has 0 saturated carbocycles. The Morgan fingerprint density at radius 2 is 1.71 bits per heavy atom. The fraction of sp³-hybridized carbons (Fsp3) is 0.130. The van der Waals surface area contributed by atoms with Gasteiger partial charge in [-0.15, -0.1) is 0 Å². The van der Waals surface area contributed by atoms with Crippen LogP contribution in [0.4, 0.5) is 5.69 Å². The normalized spacial score (nSPS) is 10.4. The van der Waals surface area contributed by atoms with Crippen molar-refractivity contribution < 1.29 is 14.3 Å². The van der Waals surface area contributed by atoms with Crippen molar-refractivity contribution in [2.45, 2.75) is 13.3 Å². The Morgan fingerprint density at radius 1 is 0.964 bits per heavy atom. The monoisotopic (exact) mass is 393 g/mol. The number of carbonyl (C=O) groups is 2. The lowest BCUT2D eigenvalue weighted by Gasteiger charge is -2.13. The summed E-state index contributed by atoms with van der Waals surface area (Å²) >= 11 is 6.08. The third-order valence-corrected chi connectivity index (χ3v) is 4.49. The molecule has 0 bridgehead atoms. The number of methoxy groups -OCH3 is 1. The van der Waals surface area contributed by atoms with Gasteiger partial charge < -0.3 is 10.1 Å². The molecule has 5 heteroatoms. The zero-order chi connectivity index (χ0) is 20.1. The largest absolute Gasteiger partial charge is 0.465 e. The van der Waals surface area contributed by atoms with E-state index in [4.69, 9.17) is 16.3 Å². The van der Waals surface area contributed by atoms with E-state index in [1.54, 1.807) is 18.2 Å². The Balaban J connectivity index is 1.89. The van der Waals surface area contributed by atoms with Crippen LogP contribution in [0.1, 0.15) is 21.5 Å². The first-order valence-electron chi connectivity index (χ1n) is 8.80. The Kier molecular flexibility index (Phi) is 6.12. The van der Waals surface area contributed by atoms with E-state index in [0.717, 1.165) is 22.3 Å². The SMILES string of the molecule is COC(=O)c1ccc(-c2ccccc2)cc1NC(=O)Cc1cc(C)cc(Cl)c1. The molecular weight excluding hydrogens is 374 g/mol. The van der Waals surface area contributed by atoms with Crippen molar-refractivity contribution in [2.24, 2.45) is 0 Å². The van der Waals surface area contributed by atoms with Gasteiger partial charge in [0.15, 0.2) is 0 Å². The van der Waals surface area contributed by atoms with Gasteiger partial charge in [0.05, 0.1) is 24.8 Å². The van der Waals surface area contributed by atoms with Crippen LogP contribution in [0.3, 0.4) is 0 Å². The summed E-state index contributed by atoms with van der Waals surface area (Å²) in [5.74, 6) is -0.745. The number of carbonyl (C=O) groups excluding carboxylic acids is 2. The second kappa shape index (κ2) is 8.72. The summed E-state index contributed by atoms with van der Waals surface area (Å²) in [7, 11) is 1.31. The molecule has 0 aromatic heterocycles. The molecule has 4 nitrogen and oxygen atoms in total. The molecule has 0 fully saturated rings. The van der Waals surface area contributed by atoms with E-state index in [1.165, 1.54) is 7.11 Å². The highest BCUT2D eigenvalue weighted by atomic mass is 35.5. The molecule has 1 N–H and O–H groups in total. The van der Waals surface area contributed by atoms with Crippen LogP contribution in [-0.4, -0.2) is 19.0 Å². The number of benzene rings is 3. The summed E-state index contributed by atoms with van der Waals surface area (Å²) in [6.45, 7) is 1.92. The predicted molar refractivity (Wildman–Crippen MR) is 112 cm³/mol. The Hall–Kier alpha value is -3.11. The maximum Gasteiger partial charge on any atom is 0.339 e. The van der Waals surface area contributed by atoms with Crippen molar-refractivity contribution in [3.8, 4) is 11.1 Å². The molecule has 0 unspecified atom stereocenters. The molecule has 1 amide bonds. The number of ether oxygens (including phenoxy) is 1. The van der Waals surface area contributed by atoms with Gasteiger partial charge in [-0.05, 0) is 53.4 Å².